The third-order valence-corrected chi connectivity index (χ3v) is 5.77. The fourth-order valence-corrected chi connectivity index (χ4v) is 3.83. The molecule has 1 heterocycles. The van der Waals surface area contributed by atoms with Gasteiger partial charge in [0, 0.05) is 37.2 Å². The summed E-state index contributed by atoms with van der Waals surface area (Å²) in [6.45, 7) is 6.15. The Kier molecular flexibility index (Phi) is 11.6. The molecule has 0 aromatic heterocycles. The molecule has 0 aliphatic carbocycles. The highest BCUT2D eigenvalue weighted by Gasteiger charge is 2.20. The highest BCUT2D eigenvalue weighted by atomic mass is 127. The van der Waals surface area contributed by atoms with E-state index < -0.39 is 6.10 Å². The number of nitrogens with one attached hydrogen (secondary N) is 2. The summed E-state index contributed by atoms with van der Waals surface area (Å²) in [5.74, 6) is 1.53. The summed E-state index contributed by atoms with van der Waals surface area (Å²) in [6.07, 6.45) is 1.46. The van der Waals surface area contributed by atoms with E-state index in [4.69, 9.17) is 16.3 Å². The Morgan fingerprint density at radius 2 is 1.81 bits per heavy atom. The van der Waals surface area contributed by atoms with Crippen LogP contribution in [-0.2, 0) is 6.54 Å². The maximum Gasteiger partial charge on any atom is 0.191 e. The molecule has 0 spiro atoms. The number of ether oxygens (including phenoxy) is 1. The fraction of sp³-hybridized carbons (Fsp3) is 0.458. The van der Waals surface area contributed by atoms with E-state index in [1.54, 1.807) is 7.11 Å². The first-order valence-corrected chi connectivity index (χ1v) is 11.3. The number of aliphatic imine (C=N–C) groups is 1. The maximum absolute atomic E-state index is 10.5. The number of piperidine rings is 1. The van der Waals surface area contributed by atoms with Gasteiger partial charge < -0.3 is 20.5 Å². The Morgan fingerprint density at radius 3 is 2.41 bits per heavy atom. The smallest absolute Gasteiger partial charge is 0.191 e. The van der Waals surface area contributed by atoms with Crippen molar-refractivity contribution in [3.8, 4) is 5.75 Å². The van der Waals surface area contributed by atoms with E-state index in [-0.39, 0.29) is 24.0 Å². The third kappa shape index (κ3) is 8.42. The minimum absolute atomic E-state index is 0. The topological polar surface area (TPSA) is 69.1 Å². The fourth-order valence-electron chi connectivity index (χ4n) is 3.71. The second-order valence-electron chi connectivity index (χ2n) is 7.83. The Labute approximate surface area is 213 Å². The molecule has 32 heavy (non-hydrogen) atoms. The van der Waals surface area contributed by atoms with E-state index in [0.717, 1.165) is 61.3 Å². The molecule has 8 heteroatoms. The average Bonchev–Trinajstić information content (AvgIpc) is 2.80. The number of guanidine groups is 1. The van der Waals surface area contributed by atoms with Crippen LogP contribution in [0.15, 0.2) is 53.5 Å². The van der Waals surface area contributed by atoms with Crippen LogP contribution in [0.5, 0.6) is 5.75 Å². The molecule has 1 fully saturated rings. The van der Waals surface area contributed by atoms with Crippen LogP contribution in [0.25, 0.3) is 0 Å². The van der Waals surface area contributed by atoms with Gasteiger partial charge >= 0.3 is 0 Å². The quantitative estimate of drug-likeness (QED) is 0.251. The lowest BCUT2D eigenvalue weighted by molar-refractivity contribution is 0.186. The van der Waals surface area contributed by atoms with E-state index in [0.29, 0.717) is 12.6 Å². The summed E-state index contributed by atoms with van der Waals surface area (Å²) in [4.78, 5) is 7.08. The van der Waals surface area contributed by atoms with Crippen LogP contribution < -0.4 is 15.4 Å². The average molecular weight is 573 g/mol. The lowest BCUT2D eigenvalue weighted by atomic mass is 10.0. The standard InChI is InChI=1S/C24H33ClN4O2.HI/c1-3-26-24(27-16-23(30)19-6-10-22(31-2)11-7-19)28-21-12-14-29(15-13-21)17-18-4-8-20(25)9-5-18;/h4-11,21,23,30H,3,12-17H2,1-2H3,(H2,26,27,28);1H. The van der Waals surface area contributed by atoms with Crippen LogP contribution in [0.1, 0.15) is 37.0 Å². The van der Waals surface area contributed by atoms with Crippen LogP contribution in [0.4, 0.5) is 0 Å². The Bertz CT molecular complexity index is 825. The van der Waals surface area contributed by atoms with Crippen molar-refractivity contribution in [2.75, 3.05) is 33.3 Å². The molecule has 1 aliphatic heterocycles. The zero-order valence-electron chi connectivity index (χ0n) is 18.8. The number of rotatable bonds is 8. The van der Waals surface area contributed by atoms with Gasteiger partial charge in [-0.2, -0.15) is 0 Å². The van der Waals surface area contributed by atoms with Crippen molar-refractivity contribution < 1.29 is 9.84 Å². The summed E-state index contributed by atoms with van der Waals surface area (Å²) in [5.41, 5.74) is 2.12. The molecule has 0 bridgehead atoms. The van der Waals surface area contributed by atoms with Crippen molar-refractivity contribution in [3.63, 3.8) is 0 Å². The first kappa shape index (κ1) is 26.7. The van der Waals surface area contributed by atoms with Gasteiger partial charge in [-0.25, -0.2) is 0 Å². The van der Waals surface area contributed by atoms with Gasteiger partial charge in [-0.3, -0.25) is 9.89 Å². The highest BCUT2D eigenvalue weighted by Crippen LogP contribution is 2.18. The summed E-state index contributed by atoms with van der Waals surface area (Å²) in [5, 5.41) is 18.1. The van der Waals surface area contributed by atoms with Gasteiger partial charge in [-0.15, -0.1) is 24.0 Å². The molecular formula is C24H34ClIN4O2. The van der Waals surface area contributed by atoms with E-state index in [1.165, 1.54) is 5.56 Å². The Hall–Kier alpha value is -1.55. The number of nitrogens with zero attached hydrogens (tertiary/aromatic N) is 2. The monoisotopic (exact) mass is 572 g/mol. The molecule has 176 valence electrons. The molecule has 1 unspecified atom stereocenters. The Balaban J connectivity index is 0.00000363. The number of hydrogen-bond acceptors (Lipinski definition) is 4. The highest BCUT2D eigenvalue weighted by molar-refractivity contribution is 14.0. The lowest BCUT2D eigenvalue weighted by Crippen LogP contribution is -2.48. The number of aliphatic hydroxyl groups is 1. The molecule has 2 aromatic rings. The molecule has 1 saturated heterocycles. The van der Waals surface area contributed by atoms with E-state index in [2.05, 4.69) is 32.7 Å². The summed E-state index contributed by atoms with van der Waals surface area (Å²) in [7, 11) is 1.63. The van der Waals surface area contributed by atoms with Gasteiger partial charge in [0.1, 0.15) is 5.75 Å². The van der Waals surface area contributed by atoms with Crippen LogP contribution in [-0.4, -0.2) is 55.3 Å². The number of halogens is 2. The van der Waals surface area contributed by atoms with Gasteiger partial charge in [-0.05, 0) is 55.2 Å². The van der Waals surface area contributed by atoms with Crippen molar-refractivity contribution in [3.05, 3.63) is 64.7 Å². The number of hydrogen-bond donors (Lipinski definition) is 3. The maximum atomic E-state index is 10.5. The minimum Gasteiger partial charge on any atom is -0.497 e. The summed E-state index contributed by atoms with van der Waals surface area (Å²) < 4.78 is 5.17. The largest absolute Gasteiger partial charge is 0.497 e. The third-order valence-electron chi connectivity index (χ3n) is 5.51. The zero-order valence-corrected chi connectivity index (χ0v) is 21.8. The molecule has 6 nitrogen and oxygen atoms in total. The SMILES string of the molecule is CCNC(=NCC(O)c1ccc(OC)cc1)NC1CCN(Cc2ccc(Cl)cc2)CC1.I. The van der Waals surface area contributed by atoms with Gasteiger partial charge in [0.05, 0.1) is 19.8 Å². The van der Waals surface area contributed by atoms with Crippen LogP contribution in [0.3, 0.4) is 0 Å². The molecular weight excluding hydrogens is 539 g/mol. The number of likely N-dealkylation sites (tertiary alicyclic amines) is 1. The zero-order chi connectivity index (χ0) is 22.1. The number of aliphatic hydroxyl groups excluding tert-OH is 1. The molecule has 1 atom stereocenters. The molecule has 0 saturated carbocycles. The normalized spacial score (nSPS) is 16.2. The molecule has 0 radical (unpaired) electrons. The predicted molar refractivity (Wildman–Crippen MR) is 142 cm³/mol. The van der Waals surface area contributed by atoms with Crippen molar-refractivity contribution in [1.82, 2.24) is 15.5 Å². The first-order valence-electron chi connectivity index (χ1n) is 10.9. The van der Waals surface area contributed by atoms with Gasteiger partial charge in [-0.1, -0.05) is 35.9 Å². The van der Waals surface area contributed by atoms with E-state index >= 15 is 0 Å². The van der Waals surface area contributed by atoms with Crippen molar-refractivity contribution in [2.24, 2.45) is 4.99 Å². The minimum atomic E-state index is -0.650. The Morgan fingerprint density at radius 1 is 1.16 bits per heavy atom. The number of methoxy groups -OCH3 is 1. The molecule has 3 rings (SSSR count). The van der Waals surface area contributed by atoms with Crippen molar-refractivity contribution >= 4 is 41.5 Å². The van der Waals surface area contributed by atoms with Gasteiger partial charge in [0.15, 0.2) is 5.96 Å². The first-order chi connectivity index (χ1) is 15.1. The number of benzene rings is 2. The van der Waals surface area contributed by atoms with Crippen LogP contribution in [0, 0.1) is 0 Å². The predicted octanol–water partition coefficient (Wildman–Crippen LogP) is 4.22. The second-order valence-corrected chi connectivity index (χ2v) is 8.27. The molecule has 1 aliphatic rings. The molecule has 0 amide bonds. The lowest BCUT2D eigenvalue weighted by Gasteiger charge is -2.33. The van der Waals surface area contributed by atoms with Crippen LogP contribution in [0.2, 0.25) is 5.02 Å². The van der Waals surface area contributed by atoms with E-state index in [9.17, 15) is 5.11 Å². The summed E-state index contributed by atoms with van der Waals surface area (Å²) >= 11 is 5.98. The summed E-state index contributed by atoms with van der Waals surface area (Å²) in [6, 6.07) is 15.9. The molecule has 3 N–H and O–H groups in total. The van der Waals surface area contributed by atoms with Gasteiger partial charge in [0.25, 0.3) is 0 Å². The second kappa shape index (κ2) is 13.9. The van der Waals surface area contributed by atoms with Crippen LogP contribution >= 0.6 is 35.6 Å². The van der Waals surface area contributed by atoms with E-state index in [1.807, 2.05) is 43.3 Å². The van der Waals surface area contributed by atoms with Gasteiger partial charge in [0.2, 0.25) is 0 Å². The van der Waals surface area contributed by atoms with Crippen molar-refractivity contribution in [1.29, 1.82) is 0 Å². The van der Waals surface area contributed by atoms with Crippen molar-refractivity contribution in [2.45, 2.75) is 38.5 Å². The molecule has 2 aromatic carbocycles.